The van der Waals surface area contributed by atoms with E-state index in [2.05, 4.69) is 5.32 Å². The van der Waals surface area contributed by atoms with Crippen LogP contribution in [0.1, 0.15) is 21.5 Å². The summed E-state index contributed by atoms with van der Waals surface area (Å²) in [5.41, 5.74) is 2.97. The first-order valence-corrected chi connectivity index (χ1v) is 7.92. The van der Waals surface area contributed by atoms with E-state index in [9.17, 15) is 9.90 Å². The molecule has 3 rings (SSSR count). The van der Waals surface area contributed by atoms with Crippen molar-refractivity contribution < 1.29 is 9.90 Å². The Hall–Kier alpha value is -2.78. The van der Waals surface area contributed by atoms with Gasteiger partial charge in [-0.3, -0.25) is 4.79 Å². The summed E-state index contributed by atoms with van der Waals surface area (Å²) in [5.74, 6) is -0.199. The lowest BCUT2D eigenvalue weighted by Crippen LogP contribution is -2.12. The third kappa shape index (κ3) is 3.94. The second kappa shape index (κ2) is 7.20. The zero-order chi connectivity index (χ0) is 16.9. The summed E-state index contributed by atoms with van der Waals surface area (Å²) in [6.45, 7) is 0. The largest absolute Gasteiger partial charge is 0.508 e. The number of nitrogens with one attached hydrogen (secondary N) is 1. The normalized spacial score (nSPS) is 10.4. The van der Waals surface area contributed by atoms with Gasteiger partial charge in [-0.1, -0.05) is 54.1 Å². The van der Waals surface area contributed by atoms with Crippen LogP contribution in [0.4, 0.5) is 5.69 Å². The summed E-state index contributed by atoms with van der Waals surface area (Å²) in [5, 5.41) is 13.1. The molecule has 0 aliphatic heterocycles. The van der Waals surface area contributed by atoms with E-state index in [0.717, 1.165) is 11.1 Å². The third-order valence-corrected chi connectivity index (χ3v) is 3.93. The van der Waals surface area contributed by atoms with Gasteiger partial charge in [0.2, 0.25) is 0 Å². The highest BCUT2D eigenvalue weighted by atomic mass is 35.5. The number of aromatic hydroxyl groups is 1. The van der Waals surface area contributed by atoms with Crippen LogP contribution in [0.5, 0.6) is 5.75 Å². The van der Waals surface area contributed by atoms with Crippen LogP contribution in [-0.4, -0.2) is 11.0 Å². The van der Waals surface area contributed by atoms with Crippen molar-refractivity contribution in [3.05, 3.63) is 94.5 Å². The van der Waals surface area contributed by atoms with Crippen LogP contribution in [-0.2, 0) is 6.42 Å². The van der Waals surface area contributed by atoms with Crippen molar-refractivity contribution in [3.8, 4) is 5.75 Å². The predicted molar refractivity (Wildman–Crippen MR) is 96.8 cm³/mol. The summed E-state index contributed by atoms with van der Waals surface area (Å²) >= 11 is 6.04. The van der Waals surface area contributed by atoms with Gasteiger partial charge in [-0.2, -0.15) is 0 Å². The monoisotopic (exact) mass is 337 g/mol. The van der Waals surface area contributed by atoms with Crippen molar-refractivity contribution in [1.82, 2.24) is 0 Å². The van der Waals surface area contributed by atoms with Crippen LogP contribution in [0.2, 0.25) is 5.02 Å². The number of hydrogen-bond acceptors (Lipinski definition) is 2. The number of anilines is 1. The molecule has 24 heavy (non-hydrogen) atoms. The van der Waals surface area contributed by atoms with Crippen LogP contribution in [0.25, 0.3) is 0 Å². The Morgan fingerprint density at radius 3 is 2.38 bits per heavy atom. The van der Waals surface area contributed by atoms with Gasteiger partial charge in [0.25, 0.3) is 5.91 Å². The second-order valence-electron chi connectivity index (χ2n) is 5.48. The summed E-state index contributed by atoms with van der Waals surface area (Å²) in [6, 6.07) is 21.8. The minimum Gasteiger partial charge on any atom is -0.508 e. The fourth-order valence-corrected chi connectivity index (χ4v) is 2.75. The van der Waals surface area contributed by atoms with Crippen molar-refractivity contribution in [2.24, 2.45) is 0 Å². The highest BCUT2D eigenvalue weighted by molar-refractivity contribution is 6.34. The van der Waals surface area contributed by atoms with Crippen molar-refractivity contribution in [2.45, 2.75) is 6.42 Å². The lowest BCUT2D eigenvalue weighted by Gasteiger charge is -2.10. The molecule has 4 heteroatoms. The molecule has 0 aromatic heterocycles. The molecule has 0 heterocycles. The zero-order valence-electron chi connectivity index (χ0n) is 12.9. The van der Waals surface area contributed by atoms with E-state index in [1.165, 1.54) is 6.07 Å². The first kappa shape index (κ1) is 16.1. The molecule has 0 saturated carbocycles. The predicted octanol–water partition coefficient (Wildman–Crippen LogP) is 4.89. The van der Waals surface area contributed by atoms with E-state index >= 15 is 0 Å². The molecule has 0 radical (unpaired) electrons. The van der Waals surface area contributed by atoms with E-state index in [0.29, 0.717) is 22.7 Å². The molecule has 0 atom stereocenters. The molecule has 3 nitrogen and oxygen atoms in total. The maximum absolute atomic E-state index is 12.3. The lowest BCUT2D eigenvalue weighted by atomic mass is 10.0. The Balaban J connectivity index is 1.81. The molecule has 0 bridgehead atoms. The molecule has 0 unspecified atom stereocenters. The highest BCUT2D eigenvalue weighted by Gasteiger charge is 2.11. The standard InChI is InChI=1S/C20H16ClNO2/c21-19-9-5-4-8-18(19)20(24)22-16-11-15(12-17(23)13-16)10-14-6-2-1-3-7-14/h1-9,11-13,23H,10H2,(H,22,24). The fraction of sp³-hybridized carbons (Fsp3) is 0.0500. The second-order valence-corrected chi connectivity index (χ2v) is 5.89. The number of carbonyl (C=O) groups excluding carboxylic acids is 1. The molecule has 0 aliphatic carbocycles. The molecular formula is C20H16ClNO2. The van der Waals surface area contributed by atoms with Gasteiger partial charge in [0.05, 0.1) is 10.6 Å². The molecule has 2 N–H and O–H groups in total. The molecule has 0 aliphatic rings. The molecule has 3 aromatic carbocycles. The number of amides is 1. The summed E-state index contributed by atoms with van der Waals surface area (Å²) in [6.07, 6.45) is 0.671. The van der Waals surface area contributed by atoms with Gasteiger partial charge in [0.15, 0.2) is 0 Å². The van der Waals surface area contributed by atoms with Gasteiger partial charge in [-0.05, 0) is 41.8 Å². The number of benzene rings is 3. The van der Waals surface area contributed by atoms with Crippen molar-refractivity contribution in [2.75, 3.05) is 5.32 Å². The maximum Gasteiger partial charge on any atom is 0.257 e. The minimum absolute atomic E-state index is 0.109. The lowest BCUT2D eigenvalue weighted by molar-refractivity contribution is 0.102. The van der Waals surface area contributed by atoms with Gasteiger partial charge in [0, 0.05) is 11.8 Å². The topological polar surface area (TPSA) is 49.3 Å². The Kier molecular flexibility index (Phi) is 4.82. The Labute approximate surface area is 145 Å². The Morgan fingerprint density at radius 1 is 0.917 bits per heavy atom. The SMILES string of the molecule is O=C(Nc1cc(O)cc(Cc2ccccc2)c1)c1ccccc1Cl. The first-order valence-electron chi connectivity index (χ1n) is 7.54. The number of halogens is 1. The molecule has 0 spiro atoms. The van der Waals surface area contributed by atoms with E-state index < -0.39 is 0 Å². The zero-order valence-corrected chi connectivity index (χ0v) is 13.6. The van der Waals surface area contributed by atoms with Crippen molar-refractivity contribution in [1.29, 1.82) is 0 Å². The van der Waals surface area contributed by atoms with Gasteiger partial charge < -0.3 is 10.4 Å². The van der Waals surface area contributed by atoms with Gasteiger partial charge in [0.1, 0.15) is 5.75 Å². The van der Waals surface area contributed by atoms with Crippen LogP contribution in [0.15, 0.2) is 72.8 Å². The molecule has 3 aromatic rings. The minimum atomic E-state index is -0.308. The number of rotatable bonds is 4. The number of phenolic OH excluding ortho intramolecular Hbond substituents is 1. The van der Waals surface area contributed by atoms with Gasteiger partial charge in [-0.25, -0.2) is 0 Å². The smallest absolute Gasteiger partial charge is 0.257 e. The number of carbonyl (C=O) groups is 1. The summed E-state index contributed by atoms with van der Waals surface area (Å²) in [7, 11) is 0. The highest BCUT2D eigenvalue weighted by Crippen LogP contribution is 2.23. The Bertz CT molecular complexity index is 863. The Morgan fingerprint density at radius 2 is 1.62 bits per heavy atom. The van der Waals surface area contributed by atoms with Crippen molar-refractivity contribution in [3.63, 3.8) is 0 Å². The molecule has 1 amide bonds. The van der Waals surface area contributed by atoms with Crippen LogP contribution < -0.4 is 5.32 Å². The van der Waals surface area contributed by atoms with Gasteiger partial charge in [-0.15, -0.1) is 0 Å². The van der Waals surface area contributed by atoms with Crippen LogP contribution in [0.3, 0.4) is 0 Å². The number of hydrogen-bond donors (Lipinski definition) is 2. The molecule has 120 valence electrons. The molecule has 0 saturated heterocycles. The van der Waals surface area contributed by atoms with E-state index in [-0.39, 0.29) is 11.7 Å². The van der Waals surface area contributed by atoms with Crippen LogP contribution in [0, 0.1) is 0 Å². The maximum atomic E-state index is 12.3. The van der Waals surface area contributed by atoms with Crippen LogP contribution >= 0.6 is 11.6 Å². The molecule has 0 fully saturated rings. The van der Waals surface area contributed by atoms with E-state index in [1.54, 1.807) is 30.3 Å². The number of phenols is 1. The average Bonchev–Trinajstić information content (AvgIpc) is 2.55. The fourth-order valence-electron chi connectivity index (χ4n) is 2.52. The van der Waals surface area contributed by atoms with E-state index in [4.69, 9.17) is 11.6 Å². The quantitative estimate of drug-likeness (QED) is 0.712. The van der Waals surface area contributed by atoms with Crippen molar-refractivity contribution >= 4 is 23.2 Å². The summed E-state index contributed by atoms with van der Waals surface area (Å²) < 4.78 is 0. The van der Waals surface area contributed by atoms with E-state index in [1.807, 2.05) is 36.4 Å². The third-order valence-electron chi connectivity index (χ3n) is 3.60. The van der Waals surface area contributed by atoms with Gasteiger partial charge >= 0.3 is 0 Å². The molecular weight excluding hydrogens is 322 g/mol. The summed E-state index contributed by atoms with van der Waals surface area (Å²) in [4.78, 5) is 12.3. The average molecular weight is 338 g/mol. The first-order chi connectivity index (χ1) is 11.6.